The molecule has 1 aliphatic heterocycles. The van der Waals surface area contributed by atoms with Gasteiger partial charge >= 0.3 is 0 Å². The van der Waals surface area contributed by atoms with Gasteiger partial charge in [-0.2, -0.15) is 0 Å². The van der Waals surface area contributed by atoms with Crippen molar-refractivity contribution in [3.05, 3.63) is 86.1 Å². The van der Waals surface area contributed by atoms with Crippen LogP contribution in [0.15, 0.2) is 48.5 Å². The summed E-state index contributed by atoms with van der Waals surface area (Å²) in [7, 11) is 0. The van der Waals surface area contributed by atoms with E-state index >= 15 is 0 Å². The van der Waals surface area contributed by atoms with Gasteiger partial charge in [-0.05, 0) is 35.4 Å². The molecule has 2 aliphatic rings. The quantitative estimate of drug-likeness (QED) is 0.724. The van der Waals surface area contributed by atoms with Crippen LogP contribution in [0.1, 0.15) is 33.0 Å². The van der Waals surface area contributed by atoms with Crippen LogP contribution in [0.4, 0.5) is 5.00 Å². The maximum atomic E-state index is 11.3. The average molecular weight is 375 g/mol. The number of aliphatic hydroxyl groups excluding tert-OH is 1. The van der Waals surface area contributed by atoms with Crippen molar-refractivity contribution in [1.29, 1.82) is 0 Å². The summed E-state index contributed by atoms with van der Waals surface area (Å²) in [6.45, 7) is 4.63. The Morgan fingerprint density at radius 2 is 2.00 bits per heavy atom. The second-order valence-corrected chi connectivity index (χ2v) is 8.68. The number of aliphatic hydroxyl groups is 1. The third-order valence-corrected chi connectivity index (χ3v) is 6.64. The van der Waals surface area contributed by atoms with Gasteiger partial charge in [0.05, 0.1) is 10.9 Å². The van der Waals surface area contributed by atoms with Crippen molar-refractivity contribution in [1.82, 2.24) is 4.90 Å². The SMILES string of the molecule is Cc1ccc2c(c1)=C(O)C1CN(Cc3ccccc3)Cc3sc(N)c(c31)C=2. The molecule has 0 spiro atoms. The Morgan fingerprint density at radius 1 is 1.19 bits per heavy atom. The first-order chi connectivity index (χ1) is 13.1. The predicted molar refractivity (Wildman–Crippen MR) is 112 cm³/mol. The third-order valence-electron chi connectivity index (χ3n) is 5.61. The molecule has 5 rings (SSSR count). The van der Waals surface area contributed by atoms with Gasteiger partial charge in [0.1, 0.15) is 5.76 Å². The molecule has 0 saturated carbocycles. The van der Waals surface area contributed by atoms with Crippen LogP contribution in [0.2, 0.25) is 0 Å². The molecular weight excluding hydrogens is 352 g/mol. The van der Waals surface area contributed by atoms with E-state index in [0.717, 1.165) is 46.2 Å². The van der Waals surface area contributed by atoms with E-state index in [1.807, 2.05) is 6.07 Å². The third kappa shape index (κ3) is 2.76. The number of anilines is 1. The zero-order valence-electron chi connectivity index (χ0n) is 15.3. The number of benzene rings is 2. The highest BCUT2D eigenvalue weighted by molar-refractivity contribution is 7.16. The second kappa shape index (κ2) is 6.25. The molecule has 27 heavy (non-hydrogen) atoms. The summed E-state index contributed by atoms with van der Waals surface area (Å²) in [6.07, 6.45) is 2.16. The Bertz CT molecular complexity index is 1150. The summed E-state index contributed by atoms with van der Waals surface area (Å²) < 4.78 is 0. The van der Waals surface area contributed by atoms with E-state index in [9.17, 15) is 5.11 Å². The number of nitrogen functional groups attached to an aromatic ring is 1. The van der Waals surface area contributed by atoms with Gasteiger partial charge in [0.2, 0.25) is 0 Å². The van der Waals surface area contributed by atoms with E-state index in [2.05, 4.69) is 60.4 Å². The standard InChI is InChI=1S/C23H22N2OS/c1-14-7-8-16-10-18-21-19(22(26)17(16)9-14)12-25(13-20(21)27-23(18)24)11-15-5-3-2-4-6-15/h2-10,19,26H,11-13,24H2,1H3. The van der Waals surface area contributed by atoms with E-state index in [-0.39, 0.29) is 5.92 Å². The summed E-state index contributed by atoms with van der Waals surface area (Å²) in [6, 6.07) is 16.8. The molecule has 0 amide bonds. The number of nitrogens with two attached hydrogens (primary N) is 1. The lowest BCUT2D eigenvalue weighted by molar-refractivity contribution is 0.229. The van der Waals surface area contributed by atoms with Gasteiger partial charge in [0.25, 0.3) is 0 Å². The Balaban J connectivity index is 1.65. The van der Waals surface area contributed by atoms with Crippen molar-refractivity contribution < 1.29 is 5.11 Å². The van der Waals surface area contributed by atoms with E-state index in [4.69, 9.17) is 5.73 Å². The van der Waals surface area contributed by atoms with Crippen molar-refractivity contribution in [3.63, 3.8) is 0 Å². The minimum Gasteiger partial charge on any atom is -0.511 e. The molecule has 3 N–H and O–H groups in total. The summed E-state index contributed by atoms with van der Waals surface area (Å²) >= 11 is 1.67. The van der Waals surface area contributed by atoms with Crippen molar-refractivity contribution in [3.8, 4) is 0 Å². The first kappa shape index (κ1) is 16.6. The smallest absolute Gasteiger partial charge is 0.109 e. The van der Waals surface area contributed by atoms with Gasteiger partial charge in [-0.3, -0.25) is 4.90 Å². The molecule has 0 saturated heterocycles. The number of fused-ring (bicyclic) bond motifs is 1. The van der Waals surface area contributed by atoms with Crippen LogP contribution in [0.3, 0.4) is 0 Å². The minimum absolute atomic E-state index is 0.0275. The van der Waals surface area contributed by atoms with Crippen LogP contribution in [-0.4, -0.2) is 16.6 Å². The highest BCUT2D eigenvalue weighted by atomic mass is 32.1. The number of thiophene rings is 1. The normalized spacial score (nSPS) is 18.4. The van der Waals surface area contributed by atoms with E-state index in [1.165, 1.54) is 16.0 Å². The van der Waals surface area contributed by atoms with Crippen LogP contribution in [0, 0.1) is 6.92 Å². The van der Waals surface area contributed by atoms with Crippen LogP contribution in [0.5, 0.6) is 0 Å². The van der Waals surface area contributed by atoms with Gasteiger partial charge in [-0.25, -0.2) is 0 Å². The summed E-state index contributed by atoms with van der Waals surface area (Å²) in [5.41, 5.74) is 11.2. The molecule has 0 radical (unpaired) electrons. The molecule has 1 atom stereocenters. The molecule has 3 aromatic rings. The Kier molecular flexibility index (Phi) is 3.85. The maximum Gasteiger partial charge on any atom is 0.109 e. The molecule has 0 bridgehead atoms. The number of aryl methyl sites for hydroxylation is 1. The average Bonchev–Trinajstić information content (AvgIpc) is 2.91. The lowest BCUT2D eigenvalue weighted by Gasteiger charge is -2.33. The first-order valence-electron chi connectivity index (χ1n) is 9.29. The molecule has 2 aromatic carbocycles. The Hall–Kier alpha value is -2.56. The highest BCUT2D eigenvalue weighted by Crippen LogP contribution is 2.44. The molecule has 0 fully saturated rings. The van der Waals surface area contributed by atoms with Crippen LogP contribution < -0.4 is 16.2 Å². The summed E-state index contributed by atoms with van der Waals surface area (Å²) in [5.74, 6) is 0.445. The minimum atomic E-state index is -0.0275. The first-order valence-corrected chi connectivity index (χ1v) is 10.1. The fourth-order valence-corrected chi connectivity index (χ4v) is 5.49. The summed E-state index contributed by atoms with van der Waals surface area (Å²) in [5, 5.41) is 14.1. The van der Waals surface area contributed by atoms with Crippen molar-refractivity contribution in [2.45, 2.75) is 25.9 Å². The summed E-state index contributed by atoms with van der Waals surface area (Å²) in [4.78, 5) is 3.70. The second-order valence-electron chi connectivity index (χ2n) is 7.54. The molecule has 136 valence electrons. The van der Waals surface area contributed by atoms with Crippen LogP contribution in [-0.2, 0) is 13.1 Å². The molecule has 3 nitrogen and oxygen atoms in total. The van der Waals surface area contributed by atoms with Crippen molar-refractivity contribution >= 4 is 28.2 Å². The molecule has 4 heteroatoms. The van der Waals surface area contributed by atoms with Gasteiger partial charge in [0.15, 0.2) is 0 Å². The fraction of sp³-hybridized carbons (Fsp3) is 0.217. The van der Waals surface area contributed by atoms with Gasteiger partial charge < -0.3 is 10.8 Å². The van der Waals surface area contributed by atoms with E-state index < -0.39 is 0 Å². The number of hydrogen-bond donors (Lipinski definition) is 2. The molecule has 2 heterocycles. The molecule has 1 aliphatic carbocycles. The highest BCUT2D eigenvalue weighted by Gasteiger charge is 2.34. The molecular formula is C23H22N2OS. The van der Waals surface area contributed by atoms with Gasteiger partial charge in [-0.15, -0.1) is 11.3 Å². The zero-order valence-corrected chi connectivity index (χ0v) is 16.1. The van der Waals surface area contributed by atoms with Gasteiger partial charge in [-0.1, -0.05) is 48.0 Å². The Labute approximate surface area is 162 Å². The van der Waals surface area contributed by atoms with Crippen LogP contribution >= 0.6 is 11.3 Å². The van der Waals surface area contributed by atoms with E-state index in [1.54, 1.807) is 11.3 Å². The number of nitrogens with zero attached hydrogens (tertiary/aromatic N) is 1. The monoisotopic (exact) mass is 374 g/mol. The zero-order chi connectivity index (χ0) is 18.5. The predicted octanol–water partition coefficient (Wildman–Crippen LogP) is 3.25. The fourth-order valence-electron chi connectivity index (χ4n) is 4.34. The number of hydrogen-bond acceptors (Lipinski definition) is 4. The maximum absolute atomic E-state index is 11.3. The molecule has 1 unspecified atom stereocenters. The topological polar surface area (TPSA) is 49.5 Å². The van der Waals surface area contributed by atoms with Crippen LogP contribution in [0.25, 0.3) is 11.8 Å². The molecule has 1 aromatic heterocycles. The Morgan fingerprint density at radius 3 is 2.81 bits per heavy atom. The lowest BCUT2D eigenvalue weighted by atomic mass is 9.90. The van der Waals surface area contributed by atoms with Crippen molar-refractivity contribution in [2.24, 2.45) is 0 Å². The van der Waals surface area contributed by atoms with Gasteiger partial charge in [0, 0.05) is 35.3 Å². The lowest BCUT2D eigenvalue weighted by Crippen LogP contribution is -2.35. The van der Waals surface area contributed by atoms with Crippen molar-refractivity contribution in [2.75, 3.05) is 12.3 Å². The number of rotatable bonds is 2. The van der Waals surface area contributed by atoms with E-state index in [0.29, 0.717) is 5.76 Å². The largest absolute Gasteiger partial charge is 0.511 e.